The summed E-state index contributed by atoms with van der Waals surface area (Å²) in [4.78, 5) is 13.4. The Morgan fingerprint density at radius 3 is 2.83 bits per heavy atom. The Bertz CT molecular complexity index is 428. The summed E-state index contributed by atoms with van der Waals surface area (Å²) in [5, 5.41) is 9.32. The molecule has 1 aliphatic rings. The fourth-order valence-corrected chi connectivity index (χ4v) is 2.62. The van der Waals surface area contributed by atoms with E-state index < -0.39 is 5.97 Å². The van der Waals surface area contributed by atoms with Crippen LogP contribution in [0.3, 0.4) is 0 Å². The first-order valence-electron chi connectivity index (χ1n) is 6.67. The smallest absolute Gasteiger partial charge is 0.326 e. The van der Waals surface area contributed by atoms with Crippen molar-refractivity contribution in [2.24, 2.45) is 5.92 Å². The van der Waals surface area contributed by atoms with Gasteiger partial charge in [0, 0.05) is 18.7 Å². The number of nitrogens with zero attached hydrogens (tertiary/aromatic N) is 1. The summed E-state index contributed by atoms with van der Waals surface area (Å²) in [6.45, 7) is 5.24. The van der Waals surface area contributed by atoms with Crippen LogP contribution in [0.5, 0.6) is 0 Å². The van der Waals surface area contributed by atoms with Crippen molar-refractivity contribution in [1.82, 2.24) is 0 Å². The van der Waals surface area contributed by atoms with Crippen molar-refractivity contribution in [2.75, 3.05) is 11.4 Å². The predicted molar refractivity (Wildman–Crippen MR) is 73.0 cm³/mol. The first-order chi connectivity index (χ1) is 8.59. The molecule has 0 bridgehead atoms. The highest BCUT2D eigenvalue weighted by Gasteiger charge is 2.33. The maximum absolute atomic E-state index is 11.3. The summed E-state index contributed by atoms with van der Waals surface area (Å²) in [7, 11) is 0. The lowest BCUT2D eigenvalue weighted by atomic mass is 10.1. The van der Waals surface area contributed by atoms with Gasteiger partial charge in [0.2, 0.25) is 0 Å². The molecule has 1 unspecified atom stereocenters. The molecule has 1 atom stereocenters. The number of benzene rings is 1. The van der Waals surface area contributed by atoms with Gasteiger partial charge in [0.25, 0.3) is 0 Å². The van der Waals surface area contributed by atoms with Gasteiger partial charge in [-0.25, -0.2) is 4.79 Å². The molecule has 0 aromatic heterocycles. The van der Waals surface area contributed by atoms with Gasteiger partial charge in [0.1, 0.15) is 6.04 Å². The molecular formula is C15H21NO2. The van der Waals surface area contributed by atoms with Gasteiger partial charge < -0.3 is 10.0 Å². The molecule has 1 aromatic rings. The number of anilines is 1. The van der Waals surface area contributed by atoms with Crippen molar-refractivity contribution in [3.8, 4) is 0 Å². The molecule has 0 amide bonds. The van der Waals surface area contributed by atoms with Gasteiger partial charge >= 0.3 is 5.97 Å². The summed E-state index contributed by atoms with van der Waals surface area (Å²) < 4.78 is 0. The van der Waals surface area contributed by atoms with Crippen LogP contribution in [0.2, 0.25) is 0 Å². The standard InChI is InChI=1S/C15H21NO2/c1-11(2)6-5-9-16-13-8-4-3-7-12(13)10-14(16)15(17)18/h3-4,7-8,11,14H,5-6,9-10H2,1-2H3,(H,17,18). The Hall–Kier alpha value is -1.51. The highest BCUT2D eigenvalue weighted by Crippen LogP contribution is 2.32. The Labute approximate surface area is 108 Å². The summed E-state index contributed by atoms with van der Waals surface area (Å²) in [6.07, 6.45) is 2.83. The third-order valence-corrected chi connectivity index (χ3v) is 3.56. The average molecular weight is 247 g/mol. The largest absolute Gasteiger partial charge is 0.480 e. The normalized spacial score (nSPS) is 18.2. The van der Waals surface area contributed by atoms with Crippen LogP contribution in [0, 0.1) is 5.92 Å². The molecule has 0 saturated carbocycles. The molecule has 3 heteroatoms. The fourth-order valence-electron chi connectivity index (χ4n) is 2.62. The zero-order chi connectivity index (χ0) is 13.1. The Kier molecular flexibility index (Phi) is 3.90. The van der Waals surface area contributed by atoms with Gasteiger partial charge in [-0.2, -0.15) is 0 Å². The summed E-state index contributed by atoms with van der Waals surface area (Å²) in [5.41, 5.74) is 2.27. The van der Waals surface area contributed by atoms with E-state index in [2.05, 4.69) is 18.7 Å². The van der Waals surface area contributed by atoms with Crippen LogP contribution >= 0.6 is 0 Å². The van der Waals surface area contributed by atoms with Crippen LogP contribution in [0.4, 0.5) is 5.69 Å². The van der Waals surface area contributed by atoms with Crippen LogP contribution < -0.4 is 4.90 Å². The molecule has 1 N–H and O–H groups in total. The van der Waals surface area contributed by atoms with Crippen LogP contribution in [-0.2, 0) is 11.2 Å². The van der Waals surface area contributed by atoms with Crippen molar-refractivity contribution < 1.29 is 9.90 Å². The number of carboxylic acids is 1. The molecule has 3 nitrogen and oxygen atoms in total. The van der Waals surface area contributed by atoms with E-state index in [0.717, 1.165) is 30.6 Å². The van der Waals surface area contributed by atoms with Gasteiger partial charge in [-0.1, -0.05) is 32.0 Å². The minimum Gasteiger partial charge on any atom is -0.480 e. The quantitative estimate of drug-likeness (QED) is 0.869. The molecule has 0 spiro atoms. The molecule has 0 fully saturated rings. The highest BCUT2D eigenvalue weighted by molar-refractivity contribution is 5.82. The van der Waals surface area contributed by atoms with Crippen LogP contribution in [-0.4, -0.2) is 23.7 Å². The second-order valence-corrected chi connectivity index (χ2v) is 5.42. The molecule has 1 aromatic carbocycles. The number of rotatable bonds is 5. The maximum atomic E-state index is 11.3. The van der Waals surface area contributed by atoms with E-state index in [1.807, 2.05) is 24.3 Å². The van der Waals surface area contributed by atoms with E-state index in [1.165, 1.54) is 0 Å². The fraction of sp³-hybridized carbons (Fsp3) is 0.533. The molecule has 1 aliphatic heterocycles. The number of carboxylic acid groups (broad SMARTS) is 1. The Balaban J connectivity index is 2.10. The Morgan fingerprint density at radius 1 is 1.44 bits per heavy atom. The van der Waals surface area contributed by atoms with Crippen LogP contribution in [0.25, 0.3) is 0 Å². The Morgan fingerprint density at radius 2 is 2.17 bits per heavy atom. The summed E-state index contributed by atoms with van der Waals surface area (Å²) in [5.74, 6) is -0.0399. The van der Waals surface area contributed by atoms with E-state index in [0.29, 0.717) is 12.3 Å². The molecule has 1 heterocycles. The first kappa shape index (κ1) is 12.9. The average Bonchev–Trinajstić information content (AvgIpc) is 2.68. The number of fused-ring (bicyclic) bond motifs is 1. The van der Waals surface area contributed by atoms with Gasteiger partial charge in [0.05, 0.1) is 0 Å². The number of hydrogen-bond acceptors (Lipinski definition) is 2. The van der Waals surface area contributed by atoms with E-state index in [1.54, 1.807) is 0 Å². The molecule has 18 heavy (non-hydrogen) atoms. The SMILES string of the molecule is CC(C)CCCN1c2ccccc2CC1C(=O)O. The van der Waals surface area contributed by atoms with E-state index >= 15 is 0 Å². The lowest BCUT2D eigenvalue weighted by molar-refractivity contribution is -0.138. The maximum Gasteiger partial charge on any atom is 0.326 e. The predicted octanol–water partition coefficient (Wildman–Crippen LogP) is 2.94. The van der Waals surface area contributed by atoms with Crippen LogP contribution in [0.15, 0.2) is 24.3 Å². The van der Waals surface area contributed by atoms with Gasteiger partial charge in [-0.15, -0.1) is 0 Å². The number of carbonyl (C=O) groups is 1. The zero-order valence-corrected chi connectivity index (χ0v) is 11.1. The molecular weight excluding hydrogens is 226 g/mol. The molecule has 2 rings (SSSR count). The molecule has 0 aliphatic carbocycles. The van der Waals surface area contributed by atoms with Crippen molar-refractivity contribution >= 4 is 11.7 Å². The van der Waals surface area contributed by atoms with Gasteiger partial charge in [-0.05, 0) is 30.4 Å². The van der Waals surface area contributed by atoms with Gasteiger partial charge in [-0.3, -0.25) is 0 Å². The number of hydrogen-bond donors (Lipinski definition) is 1. The number of aliphatic carboxylic acids is 1. The van der Waals surface area contributed by atoms with E-state index in [-0.39, 0.29) is 6.04 Å². The lowest BCUT2D eigenvalue weighted by Crippen LogP contribution is -2.39. The summed E-state index contributed by atoms with van der Waals surface area (Å²) >= 11 is 0. The third-order valence-electron chi connectivity index (χ3n) is 3.56. The second kappa shape index (κ2) is 5.42. The van der Waals surface area contributed by atoms with Crippen molar-refractivity contribution in [3.05, 3.63) is 29.8 Å². The third kappa shape index (κ3) is 2.66. The molecule has 98 valence electrons. The molecule has 0 radical (unpaired) electrons. The summed E-state index contributed by atoms with van der Waals surface area (Å²) in [6, 6.07) is 7.66. The van der Waals surface area contributed by atoms with E-state index in [4.69, 9.17) is 0 Å². The number of para-hydroxylation sites is 1. The topological polar surface area (TPSA) is 40.5 Å². The zero-order valence-electron chi connectivity index (χ0n) is 11.1. The van der Waals surface area contributed by atoms with Gasteiger partial charge in [0.15, 0.2) is 0 Å². The monoisotopic (exact) mass is 247 g/mol. The van der Waals surface area contributed by atoms with Crippen molar-refractivity contribution in [2.45, 2.75) is 39.2 Å². The van der Waals surface area contributed by atoms with Crippen molar-refractivity contribution in [3.63, 3.8) is 0 Å². The first-order valence-corrected chi connectivity index (χ1v) is 6.67. The van der Waals surface area contributed by atoms with Crippen LogP contribution in [0.1, 0.15) is 32.3 Å². The molecule has 0 saturated heterocycles. The highest BCUT2D eigenvalue weighted by atomic mass is 16.4. The minimum absolute atomic E-state index is 0.380. The minimum atomic E-state index is -0.712. The second-order valence-electron chi connectivity index (χ2n) is 5.42. The van der Waals surface area contributed by atoms with Crippen molar-refractivity contribution in [1.29, 1.82) is 0 Å². The lowest BCUT2D eigenvalue weighted by Gasteiger charge is -2.25. The van der Waals surface area contributed by atoms with E-state index in [9.17, 15) is 9.90 Å².